The summed E-state index contributed by atoms with van der Waals surface area (Å²) in [6.45, 7) is 4.25. The molecule has 2 nitrogen and oxygen atoms in total. The first-order valence-corrected chi connectivity index (χ1v) is 6.63. The van der Waals surface area contributed by atoms with Gasteiger partial charge in [0.15, 0.2) is 9.84 Å². The Morgan fingerprint density at radius 1 is 1.46 bits per heavy atom. The second-order valence-electron chi connectivity index (χ2n) is 4.71. The molecule has 0 unspecified atom stereocenters. The van der Waals surface area contributed by atoms with Crippen molar-refractivity contribution in [1.29, 1.82) is 0 Å². The molecule has 0 amide bonds. The minimum absolute atomic E-state index is 0.00752. The van der Waals surface area contributed by atoms with E-state index in [2.05, 4.69) is 26.0 Å². The van der Waals surface area contributed by atoms with Crippen molar-refractivity contribution in [2.24, 2.45) is 17.3 Å². The van der Waals surface area contributed by atoms with Crippen molar-refractivity contribution in [3.63, 3.8) is 0 Å². The third-order valence-electron chi connectivity index (χ3n) is 3.80. The van der Waals surface area contributed by atoms with Crippen molar-refractivity contribution < 1.29 is 8.42 Å². The van der Waals surface area contributed by atoms with Crippen molar-refractivity contribution >= 4 is 9.84 Å². The van der Waals surface area contributed by atoms with Gasteiger partial charge < -0.3 is 0 Å². The van der Waals surface area contributed by atoms with E-state index in [1.165, 1.54) is 0 Å². The number of allylic oxidation sites excluding steroid dienone is 2. The Labute approximate surface area is 79.9 Å². The Balaban J connectivity index is 2.39. The smallest absolute Gasteiger partial charge is 0.151 e. The highest BCUT2D eigenvalue weighted by Gasteiger charge is 2.49. The number of rotatable bonds is 0. The molecule has 0 spiro atoms. The zero-order chi connectivity index (χ0) is 9.69. The van der Waals surface area contributed by atoms with Crippen LogP contribution in [-0.2, 0) is 9.84 Å². The first-order valence-electron chi connectivity index (χ1n) is 4.81. The van der Waals surface area contributed by atoms with Gasteiger partial charge in [0, 0.05) is 0 Å². The molecule has 1 fully saturated rings. The quantitative estimate of drug-likeness (QED) is 0.557. The molecular formula is C10H16O2S. The van der Waals surface area contributed by atoms with Crippen LogP contribution in [-0.4, -0.2) is 19.9 Å². The molecule has 0 bridgehead atoms. The minimum Gasteiger partial charge on any atom is -0.229 e. The summed E-state index contributed by atoms with van der Waals surface area (Å²) in [5, 5.41) is 0. The Morgan fingerprint density at radius 2 is 2.15 bits per heavy atom. The molecule has 1 heterocycles. The van der Waals surface area contributed by atoms with Crippen molar-refractivity contribution in [1.82, 2.24) is 0 Å². The molecular weight excluding hydrogens is 184 g/mol. The second kappa shape index (κ2) is 2.59. The number of fused-ring (bicyclic) bond motifs is 1. The van der Waals surface area contributed by atoms with Crippen molar-refractivity contribution in [3.8, 4) is 0 Å². The van der Waals surface area contributed by atoms with Gasteiger partial charge in [-0.15, -0.1) is 0 Å². The zero-order valence-corrected chi connectivity index (χ0v) is 8.97. The molecule has 13 heavy (non-hydrogen) atoms. The van der Waals surface area contributed by atoms with E-state index in [1.54, 1.807) is 0 Å². The molecule has 3 atom stereocenters. The van der Waals surface area contributed by atoms with Crippen LogP contribution >= 0.6 is 0 Å². The molecule has 0 N–H and O–H groups in total. The lowest BCUT2D eigenvalue weighted by Gasteiger charge is -2.37. The fraction of sp³-hybridized carbons (Fsp3) is 0.800. The van der Waals surface area contributed by atoms with E-state index in [0.717, 1.165) is 6.42 Å². The molecule has 2 rings (SSSR count). The predicted molar refractivity (Wildman–Crippen MR) is 53.2 cm³/mol. The highest BCUT2D eigenvalue weighted by molar-refractivity contribution is 7.91. The highest BCUT2D eigenvalue weighted by atomic mass is 32.2. The van der Waals surface area contributed by atoms with Gasteiger partial charge >= 0.3 is 0 Å². The molecule has 0 saturated carbocycles. The summed E-state index contributed by atoms with van der Waals surface area (Å²) < 4.78 is 23.0. The van der Waals surface area contributed by atoms with Crippen LogP contribution in [0.5, 0.6) is 0 Å². The average molecular weight is 200 g/mol. The van der Waals surface area contributed by atoms with Crippen LogP contribution in [0.25, 0.3) is 0 Å². The SMILES string of the molecule is C[C@@H]1C=CC[C@@H]2CS(=O)(=O)C[C@@]21C. The van der Waals surface area contributed by atoms with Crippen LogP contribution in [0.1, 0.15) is 20.3 Å². The fourth-order valence-electron chi connectivity index (χ4n) is 2.65. The molecule has 1 aliphatic carbocycles. The van der Waals surface area contributed by atoms with E-state index >= 15 is 0 Å². The van der Waals surface area contributed by atoms with E-state index in [-0.39, 0.29) is 5.41 Å². The maximum atomic E-state index is 11.5. The lowest BCUT2D eigenvalue weighted by molar-refractivity contribution is 0.182. The lowest BCUT2D eigenvalue weighted by Crippen LogP contribution is -2.34. The standard InChI is InChI=1S/C10H16O2S/c1-8-4-3-5-9-6-13(11,12)7-10(8,9)2/h3-4,8-9H,5-7H2,1-2H3/t8-,9-,10-/m1/s1. The van der Waals surface area contributed by atoms with E-state index in [4.69, 9.17) is 0 Å². The summed E-state index contributed by atoms with van der Waals surface area (Å²) in [6, 6.07) is 0. The number of sulfone groups is 1. The maximum absolute atomic E-state index is 11.5. The van der Waals surface area contributed by atoms with Gasteiger partial charge in [-0.1, -0.05) is 26.0 Å². The molecule has 74 valence electrons. The van der Waals surface area contributed by atoms with Crippen molar-refractivity contribution in [3.05, 3.63) is 12.2 Å². The van der Waals surface area contributed by atoms with Gasteiger partial charge in [0.1, 0.15) is 0 Å². The molecule has 3 heteroatoms. The van der Waals surface area contributed by atoms with E-state index < -0.39 is 9.84 Å². The van der Waals surface area contributed by atoms with Gasteiger partial charge in [-0.2, -0.15) is 0 Å². The van der Waals surface area contributed by atoms with E-state index in [0.29, 0.717) is 23.3 Å². The van der Waals surface area contributed by atoms with E-state index in [9.17, 15) is 8.42 Å². The van der Waals surface area contributed by atoms with Crippen molar-refractivity contribution in [2.75, 3.05) is 11.5 Å². The molecule has 0 aromatic heterocycles. The van der Waals surface area contributed by atoms with Crippen LogP contribution < -0.4 is 0 Å². The Bertz CT molecular complexity index is 342. The highest BCUT2D eigenvalue weighted by Crippen LogP contribution is 2.48. The monoisotopic (exact) mass is 200 g/mol. The lowest BCUT2D eigenvalue weighted by atomic mass is 9.67. The molecule has 2 aliphatic rings. The number of hydrogen-bond donors (Lipinski definition) is 0. The molecule has 1 saturated heterocycles. The molecule has 1 aliphatic heterocycles. The number of hydrogen-bond acceptors (Lipinski definition) is 2. The average Bonchev–Trinajstić information content (AvgIpc) is 2.22. The summed E-state index contributed by atoms with van der Waals surface area (Å²) in [4.78, 5) is 0. The van der Waals surface area contributed by atoms with Crippen LogP contribution in [0.3, 0.4) is 0 Å². The summed E-state index contributed by atoms with van der Waals surface area (Å²) in [5.74, 6) is 1.55. The summed E-state index contributed by atoms with van der Waals surface area (Å²) in [5.41, 5.74) is 0.00752. The third-order valence-corrected chi connectivity index (χ3v) is 5.78. The zero-order valence-electron chi connectivity index (χ0n) is 8.16. The first kappa shape index (κ1) is 9.25. The fourth-order valence-corrected chi connectivity index (χ4v) is 5.35. The van der Waals surface area contributed by atoms with Gasteiger partial charge in [0.05, 0.1) is 11.5 Å². The largest absolute Gasteiger partial charge is 0.229 e. The summed E-state index contributed by atoms with van der Waals surface area (Å²) in [6.07, 6.45) is 5.25. The van der Waals surface area contributed by atoms with Gasteiger partial charge in [0.2, 0.25) is 0 Å². The Hall–Kier alpha value is -0.310. The van der Waals surface area contributed by atoms with Crippen molar-refractivity contribution in [2.45, 2.75) is 20.3 Å². The Kier molecular flexibility index (Phi) is 1.85. The van der Waals surface area contributed by atoms with Crippen LogP contribution in [0.4, 0.5) is 0 Å². The first-order chi connectivity index (χ1) is 5.94. The molecule has 0 aromatic rings. The second-order valence-corrected chi connectivity index (χ2v) is 6.82. The van der Waals surface area contributed by atoms with E-state index in [1.807, 2.05) is 0 Å². The third kappa shape index (κ3) is 1.33. The predicted octanol–water partition coefficient (Wildman–Crippen LogP) is 1.63. The van der Waals surface area contributed by atoms with Gasteiger partial charge in [-0.25, -0.2) is 8.42 Å². The van der Waals surface area contributed by atoms with Gasteiger partial charge in [0.25, 0.3) is 0 Å². The minimum atomic E-state index is -2.76. The summed E-state index contributed by atoms with van der Waals surface area (Å²) in [7, 11) is -2.76. The molecule has 0 radical (unpaired) electrons. The topological polar surface area (TPSA) is 34.1 Å². The van der Waals surface area contributed by atoms with Gasteiger partial charge in [-0.05, 0) is 23.7 Å². The maximum Gasteiger partial charge on any atom is 0.151 e. The normalized spacial score (nSPS) is 47.5. The van der Waals surface area contributed by atoms with Crippen LogP contribution in [0.15, 0.2) is 12.2 Å². The van der Waals surface area contributed by atoms with Crippen LogP contribution in [0.2, 0.25) is 0 Å². The Morgan fingerprint density at radius 3 is 2.77 bits per heavy atom. The summed E-state index contributed by atoms with van der Waals surface area (Å²) >= 11 is 0. The van der Waals surface area contributed by atoms with Crippen LogP contribution in [0, 0.1) is 17.3 Å². The molecule has 0 aromatic carbocycles. The van der Waals surface area contributed by atoms with Gasteiger partial charge in [-0.3, -0.25) is 0 Å².